The van der Waals surface area contributed by atoms with E-state index in [2.05, 4.69) is 14.9 Å². The third-order valence-electron chi connectivity index (χ3n) is 5.88. The van der Waals surface area contributed by atoms with Gasteiger partial charge in [0.25, 0.3) is 0 Å². The number of ether oxygens (including phenoxy) is 1. The maximum Gasteiger partial charge on any atom is 0.410 e. The van der Waals surface area contributed by atoms with Crippen molar-refractivity contribution in [3.63, 3.8) is 0 Å². The Morgan fingerprint density at radius 2 is 1.69 bits per heavy atom. The van der Waals surface area contributed by atoms with Crippen LogP contribution in [0.1, 0.15) is 31.9 Å². The molecule has 0 aliphatic carbocycles. The summed E-state index contributed by atoms with van der Waals surface area (Å²) in [6.45, 7) is 14.7. The van der Waals surface area contributed by atoms with Crippen LogP contribution in [0.2, 0.25) is 0 Å². The number of carbonyl (C=O) groups excluding carboxylic acids is 4. The van der Waals surface area contributed by atoms with Crippen LogP contribution in [0.25, 0.3) is 10.9 Å². The van der Waals surface area contributed by atoms with Crippen molar-refractivity contribution in [2.24, 2.45) is 4.99 Å². The van der Waals surface area contributed by atoms with Crippen LogP contribution >= 0.6 is 0 Å². The maximum absolute atomic E-state index is 12.4. The molecule has 1 aliphatic heterocycles. The fourth-order valence-electron chi connectivity index (χ4n) is 4.08. The van der Waals surface area contributed by atoms with E-state index in [0.717, 1.165) is 34.1 Å². The Kier molecular flexibility index (Phi) is 14.7. The van der Waals surface area contributed by atoms with E-state index in [1.807, 2.05) is 103 Å². The summed E-state index contributed by atoms with van der Waals surface area (Å²) < 4.78 is 5.51. The predicted octanol–water partition coefficient (Wildman–Crippen LogP) is 4.37. The normalized spacial score (nSPS) is 12.9. The summed E-state index contributed by atoms with van der Waals surface area (Å²) in [5, 5.41) is 11.5. The number of aromatic hydroxyl groups is 1. The van der Waals surface area contributed by atoms with E-state index < -0.39 is 5.60 Å². The second-order valence-electron chi connectivity index (χ2n) is 10.6. The molecule has 1 aromatic heterocycles. The number of carbonyl (C=O) groups is 4. The number of aromatic nitrogens is 1. The van der Waals surface area contributed by atoms with E-state index in [4.69, 9.17) is 14.3 Å². The molecule has 11 heteroatoms. The number of nitrogens with one attached hydrogen (secondary N) is 1. The number of hydrogen-bond donors (Lipinski definition) is 2. The first kappa shape index (κ1) is 35.5. The second-order valence-corrected chi connectivity index (χ2v) is 10.6. The molecule has 11 nitrogen and oxygen atoms in total. The van der Waals surface area contributed by atoms with Crippen molar-refractivity contribution >= 4 is 54.4 Å². The SMILES string of the molecule is C=O.C=O.CN(C)CC=O.Cc1cccc(N=Cc2c(O)[nH]c3cccc(N4CCN(C(=O)OC(C)(C)C)CC4)c23)c1. The van der Waals surface area contributed by atoms with E-state index in [-0.39, 0.29) is 12.0 Å². The minimum Gasteiger partial charge on any atom is -0.494 e. The van der Waals surface area contributed by atoms with Crippen molar-refractivity contribution in [2.75, 3.05) is 51.7 Å². The summed E-state index contributed by atoms with van der Waals surface area (Å²) in [5.74, 6) is 0.0937. The zero-order valence-corrected chi connectivity index (χ0v) is 25.4. The van der Waals surface area contributed by atoms with Gasteiger partial charge in [-0.15, -0.1) is 0 Å². The minimum atomic E-state index is -0.506. The molecule has 1 amide bonds. The van der Waals surface area contributed by atoms with E-state index in [9.17, 15) is 14.7 Å². The average molecular weight is 582 g/mol. The Morgan fingerprint density at radius 3 is 2.21 bits per heavy atom. The molecular formula is C31H43N5O6. The number of nitrogens with zero attached hydrogens (tertiary/aromatic N) is 4. The number of fused-ring (bicyclic) bond motifs is 1. The lowest BCUT2D eigenvalue weighted by molar-refractivity contribution is -0.108. The highest BCUT2D eigenvalue weighted by Crippen LogP contribution is 2.35. The standard InChI is InChI=1S/C25H30N4O3.C4H9NO.2CH2O/c1-17-7-5-8-18(15-17)26-16-19-22-20(27-23(19)30)9-6-10-21(22)28-11-13-29(14-12-28)24(31)32-25(2,3)4;1-5(2)3-4-6;2*1-2/h5-10,15-16,27,30H,11-14H2,1-4H3;4H,3H2,1-2H3;2*1H2. The van der Waals surface area contributed by atoms with Gasteiger partial charge in [0.15, 0.2) is 5.88 Å². The molecule has 0 unspecified atom stereocenters. The predicted molar refractivity (Wildman–Crippen MR) is 167 cm³/mol. The van der Waals surface area contributed by atoms with Crippen molar-refractivity contribution in [3.8, 4) is 5.88 Å². The monoisotopic (exact) mass is 581 g/mol. The quantitative estimate of drug-likeness (QED) is 0.335. The van der Waals surface area contributed by atoms with E-state index in [1.165, 1.54) is 0 Å². The largest absolute Gasteiger partial charge is 0.494 e. The molecule has 0 radical (unpaired) electrons. The van der Waals surface area contributed by atoms with Gasteiger partial charge in [-0.3, -0.25) is 4.99 Å². The van der Waals surface area contributed by atoms with E-state index >= 15 is 0 Å². The Morgan fingerprint density at radius 1 is 1.07 bits per heavy atom. The lowest BCUT2D eigenvalue weighted by atomic mass is 10.1. The van der Waals surface area contributed by atoms with E-state index in [1.54, 1.807) is 11.1 Å². The van der Waals surface area contributed by atoms with Gasteiger partial charge in [0.1, 0.15) is 25.5 Å². The summed E-state index contributed by atoms with van der Waals surface area (Å²) in [7, 11) is 3.71. The van der Waals surface area contributed by atoms with Gasteiger partial charge >= 0.3 is 6.09 Å². The van der Waals surface area contributed by atoms with Crippen LogP contribution in [-0.2, 0) is 19.1 Å². The number of hydrogen-bond acceptors (Lipinski definition) is 9. The van der Waals surface area contributed by atoms with Gasteiger partial charge in [-0.05, 0) is 71.6 Å². The number of piperazine rings is 1. The molecule has 1 fully saturated rings. The van der Waals surface area contributed by atoms with Crippen LogP contribution in [0.15, 0.2) is 47.5 Å². The molecule has 3 aromatic rings. The molecule has 1 saturated heterocycles. The Balaban J connectivity index is 0.000000775. The second kappa shape index (κ2) is 17.3. The van der Waals surface area contributed by atoms with Gasteiger partial charge in [-0.25, -0.2) is 4.79 Å². The molecule has 228 valence electrons. The summed E-state index contributed by atoms with van der Waals surface area (Å²) in [5.41, 5.74) is 3.97. The van der Waals surface area contributed by atoms with Crippen molar-refractivity contribution in [3.05, 3.63) is 53.6 Å². The molecule has 0 spiro atoms. The van der Waals surface area contributed by atoms with Gasteiger partial charge in [0.05, 0.1) is 23.3 Å². The number of H-pyrrole nitrogens is 1. The van der Waals surface area contributed by atoms with Gasteiger partial charge in [0, 0.05) is 43.5 Å². The van der Waals surface area contributed by atoms with Crippen molar-refractivity contribution < 1.29 is 29.0 Å². The smallest absolute Gasteiger partial charge is 0.410 e. The Bertz CT molecular complexity index is 1300. The summed E-state index contributed by atoms with van der Waals surface area (Å²) in [6.07, 6.45) is 2.31. The molecule has 0 bridgehead atoms. The van der Waals surface area contributed by atoms with Gasteiger partial charge in [-0.1, -0.05) is 18.2 Å². The van der Waals surface area contributed by atoms with Crippen LogP contribution in [0.4, 0.5) is 16.2 Å². The Labute approximate surface area is 247 Å². The number of rotatable bonds is 5. The first-order chi connectivity index (χ1) is 20.0. The molecule has 1 aliphatic rings. The first-order valence-corrected chi connectivity index (χ1v) is 13.3. The number of aliphatic imine (C=N–C) groups is 1. The number of likely N-dealkylation sites (N-methyl/N-ethyl adjacent to an activating group) is 1. The van der Waals surface area contributed by atoms with Crippen molar-refractivity contribution in [1.82, 2.24) is 14.8 Å². The van der Waals surface area contributed by atoms with Crippen LogP contribution < -0.4 is 4.90 Å². The first-order valence-electron chi connectivity index (χ1n) is 13.3. The van der Waals surface area contributed by atoms with Crippen LogP contribution in [0.3, 0.4) is 0 Å². The number of aryl methyl sites for hydroxylation is 1. The van der Waals surface area contributed by atoms with Gasteiger partial charge < -0.3 is 43.9 Å². The highest BCUT2D eigenvalue weighted by Gasteiger charge is 2.27. The highest BCUT2D eigenvalue weighted by atomic mass is 16.6. The summed E-state index contributed by atoms with van der Waals surface area (Å²) in [6, 6.07) is 13.9. The van der Waals surface area contributed by atoms with Crippen LogP contribution in [-0.4, -0.2) is 104 Å². The fourth-order valence-corrected chi connectivity index (χ4v) is 4.08. The van der Waals surface area contributed by atoms with Crippen LogP contribution in [0.5, 0.6) is 5.88 Å². The molecular weight excluding hydrogens is 538 g/mol. The lowest BCUT2D eigenvalue weighted by Crippen LogP contribution is -2.50. The Hall–Kier alpha value is -4.51. The van der Waals surface area contributed by atoms with E-state index in [0.29, 0.717) is 38.3 Å². The average Bonchev–Trinajstić information content (AvgIpc) is 3.28. The molecule has 2 N–H and O–H groups in total. The molecule has 4 rings (SSSR count). The van der Waals surface area contributed by atoms with Gasteiger partial charge in [-0.2, -0.15) is 0 Å². The number of amides is 1. The zero-order chi connectivity index (χ0) is 31.9. The third-order valence-corrected chi connectivity index (χ3v) is 5.88. The maximum atomic E-state index is 12.4. The highest BCUT2D eigenvalue weighted by molar-refractivity contribution is 6.08. The molecule has 0 saturated carbocycles. The minimum absolute atomic E-state index is 0.0937. The lowest BCUT2D eigenvalue weighted by Gasteiger charge is -2.37. The number of benzene rings is 2. The number of aldehydes is 1. The van der Waals surface area contributed by atoms with Crippen LogP contribution in [0, 0.1) is 6.92 Å². The zero-order valence-electron chi connectivity index (χ0n) is 25.4. The fraction of sp³-hybridized carbons (Fsp3) is 0.387. The molecule has 42 heavy (non-hydrogen) atoms. The molecule has 2 aromatic carbocycles. The van der Waals surface area contributed by atoms with Crippen molar-refractivity contribution in [2.45, 2.75) is 33.3 Å². The third kappa shape index (κ3) is 10.8. The summed E-state index contributed by atoms with van der Waals surface area (Å²) in [4.78, 5) is 51.4. The summed E-state index contributed by atoms with van der Waals surface area (Å²) >= 11 is 0. The number of anilines is 1. The number of aromatic amines is 1. The van der Waals surface area contributed by atoms with Gasteiger partial charge in [0.2, 0.25) is 0 Å². The van der Waals surface area contributed by atoms with Crippen molar-refractivity contribution in [1.29, 1.82) is 0 Å². The molecule has 0 atom stereocenters. The topological polar surface area (TPSA) is 136 Å². The molecule has 2 heterocycles.